The van der Waals surface area contributed by atoms with Gasteiger partial charge >= 0.3 is 0 Å². The van der Waals surface area contributed by atoms with Crippen LogP contribution >= 0.6 is 0 Å². The minimum atomic E-state index is 1.07. The molecular formula is C16H18. The molecular weight excluding hydrogens is 192 g/mol. The van der Waals surface area contributed by atoms with E-state index in [0.29, 0.717) is 0 Å². The van der Waals surface area contributed by atoms with Crippen LogP contribution in [0.4, 0.5) is 0 Å². The average molecular weight is 210 g/mol. The van der Waals surface area contributed by atoms with Gasteiger partial charge in [-0.15, -0.1) is 0 Å². The van der Waals surface area contributed by atoms with Crippen molar-refractivity contribution in [3.63, 3.8) is 0 Å². The standard InChI is InChI=1S/C16H18/c1-2-9-16(14-10-5-3-6-11-14)15-12-7-4-8-13-15/h3-8,10-12H,2,9,13H2,1H3. The van der Waals surface area contributed by atoms with Crippen LogP contribution in [0.1, 0.15) is 31.7 Å². The zero-order valence-corrected chi connectivity index (χ0v) is 9.82. The predicted molar refractivity (Wildman–Crippen MR) is 71.2 cm³/mol. The molecule has 0 aromatic heterocycles. The number of allylic oxidation sites excluding steroid dienone is 6. The summed E-state index contributed by atoms with van der Waals surface area (Å²) in [7, 11) is 0. The van der Waals surface area contributed by atoms with Crippen LogP contribution in [-0.2, 0) is 0 Å². The fourth-order valence-electron chi connectivity index (χ4n) is 2.12. The zero-order valence-electron chi connectivity index (χ0n) is 9.82. The van der Waals surface area contributed by atoms with E-state index in [1.54, 1.807) is 0 Å². The van der Waals surface area contributed by atoms with E-state index >= 15 is 0 Å². The Balaban J connectivity index is 2.37. The third kappa shape index (κ3) is 2.52. The summed E-state index contributed by atoms with van der Waals surface area (Å²) < 4.78 is 0. The summed E-state index contributed by atoms with van der Waals surface area (Å²) in [5.74, 6) is 0. The van der Waals surface area contributed by atoms with Gasteiger partial charge in [0.1, 0.15) is 0 Å². The molecule has 0 N–H and O–H groups in total. The molecule has 0 heteroatoms. The molecule has 0 atom stereocenters. The Labute approximate surface area is 98.0 Å². The van der Waals surface area contributed by atoms with Gasteiger partial charge in [0.25, 0.3) is 0 Å². The number of hydrogen-bond donors (Lipinski definition) is 0. The van der Waals surface area contributed by atoms with Crippen molar-refractivity contribution >= 4 is 5.57 Å². The molecule has 0 saturated carbocycles. The smallest absolute Gasteiger partial charge is 0.00914 e. The minimum absolute atomic E-state index is 1.07. The van der Waals surface area contributed by atoms with Gasteiger partial charge in [0.05, 0.1) is 0 Å². The maximum atomic E-state index is 2.25. The molecule has 0 heterocycles. The lowest BCUT2D eigenvalue weighted by atomic mass is 9.92. The molecule has 0 spiro atoms. The summed E-state index contributed by atoms with van der Waals surface area (Å²) in [6.07, 6.45) is 12.2. The lowest BCUT2D eigenvalue weighted by Gasteiger charge is -2.13. The van der Waals surface area contributed by atoms with Crippen LogP contribution in [0.25, 0.3) is 5.57 Å². The highest BCUT2D eigenvalue weighted by atomic mass is 14.1. The van der Waals surface area contributed by atoms with E-state index in [1.165, 1.54) is 23.1 Å². The first-order chi connectivity index (χ1) is 7.92. The van der Waals surface area contributed by atoms with Crippen LogP contribution in [-0.4, -0.2) is 0 Å². The van der Waals surface area contributed by atoms with E-state index in [4.69, 9.17) is 0 Å². The second kappa shape index (κ2) is 5.50. The van der Waals surface area contributed by atoms with Crippen LogP contribution in [0.15, 0.2) is 60.2 Å². The molecule has 0 unspecified atom stereocenters. The van der Waals surface area contributed by atoms with E-state index in [-0.39, 0.29) is 0 Å². The highest BCUT2D eigenvalue weighted by Gasteiger charge is 2.06. The van der Waals surface area contributed by atoms with Gasteiger partial charge in [0, 0.05) is 0 Å². The first-order valence-electron chi connectivity index (χ1n) is 6.02. The summed E-state index contributed by atoms with van der Waals surface area (Å²) in [4.78, 5) is 0. The molecule has 16 heavy (non-hydrogen) atoms. The average Bonchev–Trinajstić information content (AvgIpc) is 2.38. The van der Waals surface area contributed by atoms with Crippen molar-refractivity contribution in [2.75, 3.05) is 0 Å². The summed E-state index contributed by atoms with van der Waals surface area (Å²) in [5.41, 5.74) is 4.35. The van der Waals surface area contributed by atoms with Crippen molar-refractivity contribution in [2.45, 2.75) is 26.2 Å². The zero-order chi connectivity index (χ0) is 11.2. The summed E-state index contributed by atoms with van der Waals surface area (Å²) in [5, 5.41) is 0. The van der Waals surface area contributed by atoms with Gasteiger partial charge in [-0.1, -0.05) is 68.0 Å². The Morgan fingerprint density at radius 2 is 1.94 bits per heavy atom. The number of hydrogen-bond acceptors (Lipinski definition) is 0. The molecule has 1 aromatic carbocycles. The van der Waals surface area contributed by atoms with Crippen LogP contribution in [0, 0.1) is 0 Å². The monoisotopic (exact) mass is 210 g/mol. The quantitative estimate of drug-likeness (QED) is 0.675. The van der Waals surface area contributed by atoms with E-state index in [0.717, 1.165) is 12.8 Å². The van der Waals surface area contributed by atoms with Crippen molar-refractivity contribution in [3.8, 4) is 0 Å². The maximum Gasteiger partial charge on any atom is -0.00914 e. The lowest BCUT2D eigenvalue weighted by molar-refractivity contribution is 0.963. The van der Waals surface area contributed by atoms with E-state index in [2.05, 4.69) is 61.6 Å². The van der Waals surface area contributed by atoms with E-state index in [9.17, 15) is 0 Å². The van der Waals surface area contributed by atoms with Gasteiger partial charge in [0.15, 0.2) is 0 Å². The first-order valence-corrected chi connectivity index (χ1v) is 6.02. The van der Waals surface area contributed by atoms with Crippen LogP contribution in [0.2, 0.25) is 0 Å². The highest BCUT2D eigenvalue weighted by Crippen LogP contribution is 2.27. The van der Waals surface area contributed by atoms with Crippen LogP contribution in [0.5, 0.6) is 0 Å². The SMILES string of the molecule is CCCC(=C1C=CC=CC1)c1ccccc1. The summed E-state index contributed by atoms with van der Waals surface area (Å²) in [6, 6.07) is 10.7. The Hall–Kier alpha value is -1.56. The molecule has 0 nitrogen and oxygen atoms in total. The first kappa shape index (κ1) is 10.9. The molecule has 1 aromatic rings. The van der Waals surface area contributed by atoms with E-state index in [1.807, 2.05) is 0 Å². The Bertz CT molecular complexity index is 419. The highest BCUT2D eigenvalue weighted by molar-refractivity contribution is 5.71. The number of benzene rings is 1. The molecule has 82 valence electrons. The fourth-order valence-corrected chi connectivity index (χ4v) is 2.12. The molecule has 0 radical (unpaired) electrons. The van der Waals surface area contributed by atoms with E-state index < -0.39 is 0 Å². The van der Waals surface area contributed by atoms with Gasteiger partial charge in [-0.05, 0) is 29.6 Å². The predicted octanol–water partition coefficient (Wildman–Crippen LogP) is 4.76. The molecule has 2 rings (SSSR count). The van der Waals surface area contributed by atoms with Gasteiger partial charge < -0.3 is 0 Å². The Kier molecular flexibility index (Phi) is 3.76. The van der Waals surface area contributed by atoms with Crippen molar-refractivity contribution < 1.29 is 0 Å². The molecule has 1 aliphatic rings. The molecule has 0 aliphatic heterocycles. The van der Waals surface area contributed by atoms with Gasteiger partial charge in [-0.3, -0.25) is 0 Å². The van der Waals surface area contributed by atoms with Gasteiger partial charge in [0.2, 0.25) is 0 Å². The molecule has 0 fully saturated rings. The number of rotatable bonds is 3. The Morgan fingerprint density at radius 3 is 2.56 bits per heavy atom. The van der Waals surface area contributed by atoms with Crippen molar-refractivity contribution in [2.24, 2.45) is 0 Å². The Morgan fingerprint density at radius 1 is 1.12 bits per heavy atom. The molecule has 0 amide bonds. The van der Waals surface area contributed by atoms with Crippen molar-refractivity contribution in [1.82, 2.24) is 0 Å². The van der Waals surface area contributed by atoms with Gasteiger partial charge in [-0.25, -0.2) is 0 Å². The van der Waals surface area contributed by atoms with Crippen molar-refractivity contribution in [1.29, 1.82) is 0 Å². The minimum Gasteiger partial charge on any atom is -0.0801 e. The van der Waals surface area contributed by atoms with Crippen LogP contribution in [0.3, 0.4) is 0 Å². The lowest BCUT2D eigenvalue weighted by Crippen LogP contribution is -1.91. The maximum absolute atomic E-state index is 2.25. The fraction of sp³-hybridized carbons (Fsp3) is 0.250. The second-order valence-corrected chi connectivity index (χ2v) is 4.11. The van der Waals surface area contributed by atoms with Gasteiger partial charge in [-0.2, -0.15) is 0 Å². The second-order valence-electron chi connectivity index (χ2n) is 4.11. The van der Waals surface area contributed by atoms with Crippen molar-refractivity contribution in [3.05, 3.63) is 65.8 Å². The normalized spacial score (nSPS) is 17.6. The third-order valence-corrected chi connectivity index (χ3v) is 2.89. The largest absolute Gasteiger partial charge is 0.0801 e. The summed E-state index contributed by atoms with van der Waals surface area (Å²) >= 11 is 0. The summed E-state index contributed by atoms with van der Waals surface area (Å²) in [6.45, 7) is 2.24. The third-order valence-electron chi connectivity index (χ3n) is 2.89. The molecule has 1 aliphatic carbocycles. The topological polar surface area (TPSA) is 0 Å². The van der Waals surface area contributed by atoms with Crippen LogP contribution < -0.4 is 0 Å². The molecule has 0 saturated heterocycles. The molecule has 0 bridgehead atoms.